The van der Waals surface area contributed by atoms with Crippen LogP contribution in [-0.4, -0.2) is 36.1 Å². The summed E-state index contributed by atoms with van der Waals surface area (Å²) in [4.78, 5) is 14.5. The van der Waals surface area contributed by atoms with E-state index in [-0.39, 0.29) is 24.0 Å². The number of hydrogen-bond donors (Lipinski definition) is 0. The summed E-state index contributed by atoms with van der Waals surface area (Å²) in [5, 5.41) is 9.45. The molecular formula is C16H26N2O2. The molecule has 0 N–H and O–H groups in total. The van der Waals surface area contributed by atoms with Crippen molar-refractivity contribution >= 4 is 5.97 Å². The van der Waals surface area contributed by atoms with Crippen molar-refractivity contribution in [2.45, 2.75) is 70.4 Å². The van der Waals surface area contributed by atoms with Crippen LogP contribution in [0.4, 0.5) is 0 Å². The van der Waals surface area contributed by atoms with Gasteiger partial charge in [0.25, 0.3) is 0 Å². The molecule has 4 heteroatoms. The van der Waals surface area contributed by atoms with Gasteiger partial charge in [0.15, 0.2) is 0 Å². The van der Waals surface area contributed by atoms with Gasteiger partial charge >= 0.3 is 5.97 Å². The largest absolute Gasteiger partial charge is 0.465 e. The number of carbonyl (C=O) groups excluding carboxylic acids is 1. The van der Waals surface area contributed by atoms with Crippen molar-refractivity contribution in [1.82, 2.24) is 4.90 Å². The molecule has 0 bridgehead atoms. The highest BCUT2D eigenvalue weighted by Gasteiger charge is 2.38. The first-order valence-electron chi connectivity index (χ1n) is 8.10. The summed E-state index contributed by atoms with van der Waals surface area (Å²) in [5.41, 5.74) is 0. The molecule has 3 atom stereocenters. The number of carbonyl (C=O) groups is 1. The lowest BCUT2D eigenvalue weighted by Crippen LogP contribution is -2.52. The predicted octanol–water partition coefficient (Wildman–Crippen LogP) is 2.88. The number of esters is 1. The molecule has 112 valence electrons. The summed E-state index contributed by atoms with van der Waals surface area (Å²) in [6, 6.07) is 2.61. The second-order valence-corrected chi connectivity index (χ2v) is 5.94. The topological polar surface area (TPSA) is 53.3 Å². The van der Waals surface area contributed by atoms with Crippen LogP contribution in [0.5, 0.6) is 0 Å². The molecular weight excluding hydrogens is 252 g/mol. The van der Waals surface area contributed by atoms with E-state index in [1.54, 1.807) is 0 Å². The molecule has 20 heavy (non-hydrogen) atoms. The van der Waals surface area contributed by atoms with Crippen LogP contribution < -0.4 is 0 Å². The zero-order valence-electron chi connectivity index (χ0n) is 12.5. The van der Waals surface area contributed by atoms with E-state index in [9.17, 15) is 10.1 Å². The normalized spacial score (nSPS) is 32.1. The molecule has 0 aromatic rings. The second-order valence-electron chi connectivity index (χ2n) is 5.94. The molecule has 2 aliphatic rings. The molecule has 4 nitrogen and oxygen atoms in total. The molecule has 0 aromatic carbocycles. The van der Waals surface area contributed by atoms with Gasteiger partial charge in [0.2, 0.25) is 0 Å². The smallest absolute Gasteiger partial charge is 0.323 e. The van der Waals surface area contributed by atoms with Gasteiger partial charge in [0.05, 0.1) is 18.6 Å². The minimum absolute atomic E-state index is 0.0764. The quantitative estimate of drug-likeness (QED) is 0.588. The van der Waals surface area contributed by atoms with Crippen LogP contribution in [0.1, 0.15) is 58.3 Å². The highest BCUT2D eigenvalue weighted by molar-refractivity contribution is 5.76. The Bertz CT molecular complexity index is 364. The summed E-state index contributed by atoms with van der Waals surface area (Å²) in [7, 11) is 0. The predicted molar refractivity (Wildman–Crippen MR) is 77.0 cm³/mol. The maximum Gasteiger partial charge on any atom is 0.323 e. The molecule has 0 radical (unpaired) electrons. The summed E-state index contributed by atoms with van der Waals surface area (Å²) in [6.07, 6.45) is 8.66. The van der Waals surface area contributed by atoms with E-state index in [0.717, 1.165) is 45.1 Å². The number of ether oxygens (including phenoxy) is 1. The van der Waals surface area contributed by atoms with E-state index in [4.69, 9.17) is 4.74 Å². The van der Waals surface area contributed by atoms with Gasteiger partial charge < -0.3 is 4.74 Å². The first-order chi connectivity index (χ1) is 9.77. The van der Waals surface area contributed by atoms with E-state index < -0.39 is 0 Å². The lowest BCUT2D eigenvalue weighted by Gasteiger charge is -2.41. The lowest BCUT2D eigenvalue weighted by molar-refractivity contribution is -0.152. The SMILES string of the molecule is CCOC(=O)C1CCCCN1C1CCCCCC1C#N. The number of likely N-dealkylation sites (tertiary alicyclic amines) is 1. The molecule has 3 unspecified atom stereocenters. The van der Waals surface area contributed by atoms with Crippen LogP contribution in [0, 0.1) is 17.2 Å². The molecule has 1 saturated heterocycles. The Hall–Kier alpha value is -1.08. The van der Waals surface area contributed by atoms with E-state index in [1.165, 1.54) is 12.8 Å². The molecule has 1 aliphatic heterocycles. The highest BCUT2D eigenvalue weighted by atomic mass is 16.5. The zero-order chi connectivity index (χ0) is 14.4. The van der Waals surface area contributed by atoms with Gasteiger partial charge in [-0.15, -0.1) is 0 Å². The van der Waals surface area contributed by atoms with Crippen LogP contribution >= 0.6 is 0 Å². The fourth-order valence-electron chi connectivity index (χ4n) is 3.68. The summed E-state index contributed by atoms with van der Waals surface area (Å²) < 4.78 is 5.24. The molecule has 0 spiro atoms. The van der Waals surface area contributed by atoms with Crippen LogP contribution in [-0.2, 0) is 9.53 Å². The minimum Gasteiger partial charge on any atom is -0.465 e. The van der Waals surface area contributed by atoms with E-state index in [1.807, 2.05) is 6.92 Å². The standard InChI is InChI=1S/C16H26N2O2/c1-2-20-16(19)15-10-6-7-11-18(15)14-9-5-3-4-8-13(14)12-17/h13-15H,2-11H2,1H3. The number of rotatable bonds is 3. The molecule has 2 rings (SSSR count). The third-order valence-corrected chi connectivity index (χ3v) is 4.67. The summed E-state index contributed by atoms with van der Waals surface area (Å²) >= 11 is 0. The van der Waals surface area contributed by atoms with Gasteiger partial charge in [0, 0.05) is 6.04 Å². The van der Waals surface area contributed by atoms with Crippen molar-refractivity contribution in [2.24, 2.45) is 5.92 Å². The van der Waals surface area contributed by atoms with E-state index in [2.05, 4.69) is 11.0 Å². The van der Waals surface area contributed by atoms with Crippen LogP contribution in [0.3, 0.4) is 0 Å². The molecule has 1 saturated carbocycles. The maximum atomic E-state index is 12.2. The second kappa shape index (κ2) is 7.64. The first kappa shape index (κ1) is 15.3. The Morgan fingerprint density at radius 1 is 1.20 bits per heavy atom. The fraction of sp³-hybridized carbons (Fsp3) is 0.875. The van der Waals surface area contributed by atoms with E-state index >= 15 is 0 Å². The molecule has 1 heterocycles. The van der Waals surface area contributed by atoms with Gasteiger partial charge in [-0.3, -0.25) is 9.69 Å². The summed E-state index contributed by atoms with van der Waals surface area (Å²) in [6.45, 7) is 3.23. The average Bonchev–Trinajstić information content (AvgIpc) is 2.72. The number of nitrogens with zero attached hydrogens (tertiary/aromatic N) is 2. The Morgan fingerprint density at radius 3 is 2.70 bits per heavy atom. The van der Waals surface area contributed by atoms with Crippen molar-refractivity contribution in [3.05, 3.63) is 0 Å². The Morgan fingerprint density at radius 2 is 1.95 bits per heavy atom. The average molecular weight is 278 g/mol. The molecule has 2 fully saturated rings. The number of piperidine rings is 1. The van der Waals surface area contributed by atoms with Crippen molar-refractivity contribution < 1.29 is 9.53 Å². The third-order valence-electron chi connectivity index (χ3n) is 4.67. The van der Waals surface area contributed by atoms with Gasteiger partial charge in [-0.2, -0.15) is 5.26 Å². The molecule has 0 amide bonds. The number of hydrogen-bond acceptors (Lipinski definition) is 4. The van der Waals surface area contributed by atoms with Gasteiger partial charge in [0.1, 0.15) is 6.04 Å². The van der Waals surface area contributed by atoms with E-state index in [0.29, 0.717) is 6.61 Å². The lowest BCUT2D eigenvalue weighted by atomic mass is 9.90. The van der Waals surface area contributed by atoms with Crippen molar-refractivity contribution in [1.29, 1.82) is 5.26 Å². The van der Waals surface area contributed by atoms with Crippen molar-refractivity contribution in [2.75, 3.05) is 13.2 Å². The van der Waals surface area contributed by atoms with Gasteiger partial charge in [-0.25, -0.2) is 0 Å². The molecule has 1 aliphatic carbocycles. The van der Waals surface area contributed by atoms with Crippen LogP contribution in [0.2, 0.25) is 0 Å². The first-order valence-corrected chi connectivity index (χ1v) is 8.10. The van der Waals surface area contributed by atoms with Gasteiger partial charge in [-0.1, -0.05) is 25.7 Å². The maximum absolute atomic E-state index is 12.2. The Kier molecular flexibility index (Phi) is 5.85. The van der Waals surface area contributed by atoms with Crippen molar-refractivity contribution in [3.63, 3.8) is 0 Å². The highest BCUT2D eigenvalue weighted by Crippen LogP contribution is 2.31. The fourth-order valence-corrected chi connectivity index (χ4v) is 3.68. The molecule has 0 aromatic heterocycles. The Balaban J connectivity index is 2.12. The Labute approximate surface area is 122 Å². The summed E-state index contributed by atoms with van der Waals surface area (Å²) in [5.74, 6) is -0.0133. The number of nitriles is 1. The van der Waals surface area contributed by atoms with Crippen molar-refractivity contribution in [3.8, 4) is 6.07 Å². The third kappa shape index (κ3) is 3.52. The minimum atomic E-state index is -0.123. The zero-order valence-corrected chi connectivity index (χ0v) is 12.5. The van der Waals surface area contributed by atoms with Crippen LogP contribution in [0.25, 0.3) is 0 Å². The van der Waals surface area contributed by atoms with Crippen LogP contribution in [0.15, 0.2) is 0 Å². The van der Waals surface area contributed by atoms with Gasteiger partial charge in [-0.05, 0) is 39.2 Å². The monoisotopic (exact) mass is 278 g/mol.